The van der Waals surface area contributed by atoms with Gasteiger partial charge in [0.25, 0.3) is 5.91 Å². The number of rotatable bonds is 6. The molecule has 0 bridgehead atoms. The van der Waals surface area contributed by atoms with Crippen LogP contribution in [0.1, 0.15) is 41.3 Å². The molecule has 1 saturated heterocycles. The molecule has 0 aliphatic carbocycles. The van der Waals surface area contributed by atoms with Crippen molar-refractivity contribution in [3.8, 4) is 0 Å². The van der Waals surface area contributed by atoms with E-state index in [9.17, 15) is 4.79 Å². The maximum atomic E-state index is 12.2. The third kappa shape index (κ3) is 4.68. The van der Waals surface area contributed by atoms with Crippen LogP contribution in [0.2, 0.25) is 0 Å². The quantitative estimate of drug-likeness (QED) is 0.862. The van der Waals surface area contributed by atoms with Crippen molar-refractivity contribution >= 4 is 17.2 Å². The SMILES string of the molecule is CCc1ccc(C(=O)NCC2CCN(Cc3ccsc3)CC2)cc1. The number of aryl methyl sites for hydroxylation is 1. The van der Waals surface area contributed by atoms with Crippen molar-refractivity contribution in [1.82, 2.24) is 10.2 Å². The molecule has 1 N–H and O–H groups in total. The maximum Gasteiger partial charge on any atom is 0.251 e. The van der Waals surface area contributed by atoms with Crippen LogP contribution in [0.4, 0.5) is 0 Å². The lowest BCUT2D eigenvalue weighted by molar-refractivity contribution is 0.0935. The monoisotopic (exact) mass is 342 g/mol. The number of carbonyl (C=O) groups is 1. The van der Waals surface area contributed by atoms with E-state index in [0.717, 1.165) is 38.2 Å². The van der Waals surface area contributed by atoms with Gasteiger partial charge < -0.3 is 5.32 Å². The summed E-state index contributed by atoms with van der Waals surface area (Å²) in [5.74, 6) is 0.654. The van der Waals surface area contributed by atoms with Crippen LogP contribution in [-0.4, -0.2) is 30.4 Å². The van der Waals surface area contributed by atoms with Crippen molar-refractivity contribution in [2.24, 2.45) is 5.92 Å². The number of benzene rings is 1. The molecule has 128 valence electrons. The van der Waals surface area contributed by atoms with Crippen LogP contribution in [0.3, 0.4) is 0 Å². The minimum absolute atomic E-state index is 0.0540. The van der Waals surface area contributed by atoms with Crippen molar-refractivity contribution in [2.45, 2.75) is 32.7 Å². The number of likely N-dealkylation sites (tertiary alicyclic amines) is 1. The Morgan fingerprint density at radius 2 is 1.92 bits per heavy atom. The summed E-state index contributed by atoms with van der Waals surface area (Å²) < 4.78 is 0. The standard InChI is InChI=1S/C20H26N2OS/c1-2-16-3-5-19(6-4-16)20(23)21-13-17-7-10-22(11-8-17)14-18-9-12-24-15-18/h3-6,9,12,15,17H,2,7-8,10-11,13-14H2,1H3,(H,21,23). The largest absolute Gasteiger partial charge is 0.352 e. The summed E-state index contributed by atoms with van der Waals surface area (Å²) in [7, 11) is 0. The maximum absolute atomic E-state index is 12.2. The van der Waals surface area contributed by atoms with Gasteiger partial charge in [0, 0.05) is 18.7 Å². The van der Waals surface area contributed by atoms with Gasteiger partial charge in [-0.3, -0.25) is 9.69 Å². The van der Waals surface area contributed by atoms with E-state index in [1.54, 1.807) is 11.3 Å². The van der Waals surface area contributed by atoms with Crippen LogP contribution in [0.15, 0.2) is 41.1 Å². The Hall–Kier alpha value is -1.65. The second-order valence-electron chi connectivity index (χ2n) is 6.61. The zero-order valence-electron chi connectivity index (χ0n) is 14.3. The van der Waals surface area contributed by atoms with E-state index in [4.69, 9.17) is 0 Å². The van der Waals surface area contributed by atoms with Gasteiger partial charge in [0.05, 0.1) is 0 Å². The average molecular weight is 343 g/mol. The van der Waals surface area contributed by atoms with Crippen molar-refractivity contribution < 1.29 is 4.79 Å². The van der Waals surface area contributed by atoms with Crippen LogP contribution in [0, 0.1) is 5.92 Å². The van der Waals surface area contributed by atoms with Gasteiger partial charge in [0.1, 0.15) is 0 Å². The fourth-order valence-corrected chi connectivity index (χ4v) is 3.88. The molecule has 3 nitrogen and oxygen atoms in total. The molecular formula is C20H26N2OS. The van der Waals surface area contributed by atoms with Crippen molar-refractivity contribution in [3.05, 3.63) is 57.8 Å². The lowest BCUT2D eigenvalue weighted by atomic mass is 9.96. The van der Waals surface area contributed by atoms with Gasteiger partial charge in [-0.2, -0.15) is 11.3 Å². The number of amides is 1. The molecule has 0 saturated carbocycles. The minimum atomic E-state index is 0.0540. The fraction of sp³-hybridized carbons (Fsp3) is 0.450. The Morgan fingerprint density at radius 3 is 2.54 bits per heavy atom. The molecule has 4 heteroatoms. The molecule has 1 aliphatic heterocycles. The molecule has 2 heterocycles. The third-order valence-corrected chi connectivity index (χ3v) is 5.60. The summed E-state index contributed by atoms with van der Waals surface area (Å²) in [5.41, 5.74) is 3.45. The molecule has 0 atom stereocenters. The average Bonchev–Trinajstić information content (AvgIpc) is 3.14. The highest BCUT2D eigenvalue weighted by Gasteiger charge is 2.20. The third-order valence-electron chi connectivity index (χ3n) is 4.87. The summed E-state index contributed by atoms with van der Waals surface area (Å²) in [6.45, 7) is 6.23. The molecule has 1 aliphatic rings. The Morgan fingerprint density at radius 1 is 1.17 bits per heavy atom. The first kappa shape index (κ1) is 17.2. The molecule has 2 aromatic rings. The van der Waals surface area contributed by atoms with Gasteiger partial charge in [-0.25, -0.2) is 0 Å². The van der Waals surface area contributed by atoms with Crippen LogP contribution in [0.25, 0.3) is 0 Å². The Bertz CT molecular complexity index is 628. The molecule has 1 aromatic heterocycles. The molecule has 1 aromatic carbocycles. The van der Waals surface area contributed by atoms with Crippen LogP contribution in [0.5, 0.6) is 0 Å². The highest BCUT2D eigenvalue weighted by Crippen LogP contribution is 2.19. The minimum Gasteiger partial charge on any atom is -0.352 e. The highest BCUT2D eigenvalue weighted by molar-refractivity contribution is 7.07. The number of nitrogens with zero attached hydrogens (tertiary/aromatic N) is 1. The van der Waals surface area contributed by atoms with Gasteiger partial charge in [-0.05, 0) is 78.4 Å². The number of nitrogens with one attached hydrogen (secondary N) is 1. The van der Waals surface area contributed by atoms with Crippen LogP contribution >= 0.6 is 11.3 Å². The van der Waals surface area contributed by atoms with Gasteiger partial charge in [-0.15, -0.1) is 0 Å². The number of carbonyl (C=O) groups excluding carboxylic acids is 1. The Kier molecular flexibility index (Phi) is 6.05. The van der Waals surface area contributed by atoms with E-state index in [0.29, 0.717) is 5.92 Å². The summed E-state index contributed by atoms with van der Waals surface area (Å²) in [4.78, 5) is 14.8. The smallest absolute Gasteiger partial charge is 0.251 e. The predicted molar refractivity (Wildman–Crippen MR) is 100 cm³/mol. The first-order chi connectivity index (χ1) is 11.7. The van der Waals surface area contributed by atoms with Crippen molar-refractivity contribution in [1.29, 1.82) is 0 Å². The molecule has 24 heavy (non-hydrogen) atoms. The summed E-state index contributed by atoms with van der Waals surface area (Å²) in [5, 5.41) is 7.49. The molecule has 1 fully saturated rings. The normalized spacial score (nSPS) is 16.2. The predicted octanol–water partition coefficient (Wildman–Crippen LogP) is 3.95. The summed E-state index contributed by atoms with van der Waals surface area (Å²) in [6.07, 6.45) is 3.34. The second kappa shape index (κ2) is 8.45. The first-order valence-corrected chi connectivity index (χ1v) is 9.79. The zero-order chi connectivity index (χ0) is 16.8. The van der Waals surface area contributed by atoms with E-state index < -0.39 is 0 Å². The number of hydrogen-bond donors (Lipinski definition) is 1. The van der Waals surface area contributed by atoms with E-state index in [1.165, 1.54) is 24.0 Å². The fourth-order valence-electron chi connectivity index (χ4n) is 3.22. The molecule has 1 amide bonds. The summed E-state index contributed by atoms with van der Waals surface area (Å²) in [6, 6.07) is 10.1. The number of piperidine rings is 1. The first-order valence-electron chi connectivity index (χ1n) is 8.85. The topological polar surface area (TPSA) is 32.3 Å². The van der Waals surface area contributed by atoms with E-state index in [-0.39, 0.29) is 5.91 Å². The van der Waals surface area contributed by atoms with Crippen LogP contribution < -0.4 is 5.32 Å². The van der Waals surface area contributed by atoms with Gasteiger partial charge in [0.15, 0.2) is 0 Å². The highest BCUT2D eigenvalue weighted by atomic mass is 32.1. The lowest BCUT2D eigenvalue weighted by Crippen LogP contribution is -2.38. The Labute approximate surface area is 148 Å². The van der Waals surface area contributed by atoms with E-state index in [2.05, 4.69) is 34.0 Å². The number of hydrogen-bond acceptors (Lipinski definition) is 3. The van der Waals surface area contributed by atoms with E-state index >= 15 is 0 Å². The van der Waals surface area contributed by atoms with Gasteiger partial charge >= 0.3 is 0 Å². The summed E-state index contributed by atoms with van der Waals surface area (Å²) >= 11 is 1.77. The zero-order valence-corrected chi connectivity index (χ0v) is 15.1. The van der Waals surface area contributed by atoms with Crippen molar-refractivity contribution in [3.63, 3.8) is 0 Å². The van der Waals surface area contributed by atoms with Crippen LogP contribution in [-0.2, 0) is 13.0 Å². The molecule has 0 unspecified atom stereocenters. The van der Waals surface area contributed by atoms with Crippen molar-refractivity contribution in [2.75, 3.05) is 19.6 Å². The molecular weight excluding hydrogens is 316 g/mol. The lowest BCUT2D eigenvalue weighted by Gasteiger charge is -2.31. The Balaban J connectivity index is 1.40. The number of thiophene rings is 1. The molecule has 0 spiro atoms. The molecule has 0 radical (unpaired) electrons. The molecule has 3 rings (SSSR count). The second-order valence-corrected chi connectivity index (χ2v) is 7.39. The van der Waals surface area contributed by atoms with Gasteiger partial charge in [0.2, 0.25) is 0 Å². The van der Waals surface area contributed by atoms with Gasteiger partial charge in [-0.1, -0.05) is 19.1 Å². The van der Waals surface area contributed by atoms with E-state index in [1.807, 2.05) is 24.3 Å².